The number of likely N-dealkylation sites (tertiary alicyclic amines) is 1. The molecule has 1 aromatic rings. The monoisotopic (exact) mass is 296 g/mol. The van der Waals surface area contributed by atoms with Gasteiger partial charge in [0.05, 0.1) is 4.90 Å². The maximum Gasteiger partial charge on any atom is 0.241 e. The Kier molecular flexibility index (Phi) is 4.04. The second-order valence-corrected chi connectivity index (χ2v) is 7.48. The smallest absolute Gasteiger partial charge is 0.241 e. The van der Waals surface area contributed by atoms with Crippen LogP contribution in [0.1, 0.15) is 25.3 Å². The van der Waals surface area contributed by atoms with Crippen LogP contribution in [0.5, 0.6) is 0 Å². The van der Waals surface area contributed by atoms with Crippen molar-refractivity contribution in [3.8, 4) is 0 Å². The summed E-state index contributed by atoms with van der Waals surface area (Å²) in [7, 11) is -3.70. The van der Waals surface area contributed by atoms with Crippen LogP contribution in [0.25, 0.3) is 0 Å². The van der Waals surface area contributed by atoms with Crippen LogP contribution in [0.3, 0.4) is 0 Å². The van der Waals surface area contributed by atoms with Crippen molar-refractivity contribution in [2.75, 3.05) is 18.8 Å². The lowest BCUT2D eigenvalue weighted by Crippen LogP contribution is -2.40. The van der Waals surface area contributed by atoms with Gasteiger partial charge in [-0.2, -0.15) is 0 Å². The third kappa shape index (κ3) is 2.65. The summed E-state index contributed by atoms with van der Waals surface area (Å²) in [6.45, 7) is 4.46. The van der Waals surface area contributed by atoms with E-state index in [9.17, 15) is 13.2 Å². The van der Waals surface area contributed by atoms with Gasteiger partial charge in [-0.1, -0.05) is 6.07 Å². The van der Waals surface area contributed by atoms with Gasteiger partial charge in [-0.05, 0) is 44.4 Å². The minimum Gasteiger partial charge on any atom is -0.399 e. The first-order chi connectivity index (χ1) is 9.34. The van der Waals surface area contributed by atoms with Crippen LogP contribution < -0.4 is 5.73 Å². The number of benzene rings is 1. The Labute approximate surface area is 119 Å². The Morgan fingerprint density at radius 3 is 2.50 bits per heavy atom. The van der Waals surface area contributed by atoms with Crippen LogP contribution >= 0.6 is 0 Å². The third-order valence-electron chi connectivity index (χ3n) is 3.75. The zero-order valence-electron chi connectivity index (χ0n) is 11.8. The van der Waals surface area contributed by atoms with Crippen LogP contribution in [0.2, 0.25) is 0 Å². The number of carbonyl (C=O) groups excluding carboxylic acids is 1. The van der Waals surface area contributed by atoms with E-state index in [1.165, 1.54) is 13.0 Å². The molecule has 1 heterocycles. The van der Waals surface area contributed by atoms with Gasteiger partial charge in [-0.25, -0.2) is 8.42 Å². The Balaban J connectivity index is 2.33. The van der Waals surface area contributed by atoms with E-state index in [1.807, 2.05) is 0 Å². The van der Waals surface area contributed by atoms with Crippen molar-refractivity contribution in [2.45, 2.75) is 36.8 Å². The molecule has 1 unspecified atom stereocenters. The van der Waals surface area contributed by atoms with Crippen LogP contribution in [0, 0.1) is 6.92 Å². The minimum absolute atomic E-state index is 0.151. The first-order valence-electron chi connectivity index (χ1n) is 6.73. The number of carbonyl (C=O) groups is 1. The summed E-state index contributed by atoms with van der Waals surface area (Å²) >= 11 is 0. The number of rotatable bonds is 3. The van der Waals surface area contributed by atoms with Gasteiger partial charge >= 0.3 is 0 Å². The van der Waals surface area contributed by atoms with Crippen molar-refractivity contribution >= 4 is 21.4 Å². The number of nitrogens with zero attached hydrogens (tertiary/aromatic N) is 1. The maximum absolute atomic E-state index is 12.6. The average Bonchev–Trinajstić information content (AvgIpc) is 2.93. The fraction of sp³-hybridized carbons (Fsp3) is 0.500. The molecule has 5 nitrogen and oxygen atoms in total. The minimum atomic E-state index is -3.70. The number of anilines is 1. The van der Waals surface area contributed by atoms with Crippen molar-refractivity contribution in [2.24, 2.45) is 0 Å². The average molecular weight is 296 g/mol. The second kappa shape index (κ2) is 5.44. The highest BCUT2D eigenvalue weighted by Gasteiger charge is 2.34. The molecule has 20 heavy (non-hydrogen) atoms. The quantitative estimate of drug-likeness (QED) is 0.854. The molecular formula is C14H20N2O3S. The van der Waals surface area contributed by atoms with Gasteiger partial charge in [0.1, 0.15) is 5.25 Å². The molecule has 0 radical (unpaired) electrons. The molecule has 6 heteroatoms. The van der Waals surface area contributed by atoms with Gasteiger partial charge in [0.2, 0.25) is 5.91 Å². The van der Waals surface area contributed by atoms with Gasteiger partial charge < -0.3 is 10.6 Å². The first kappa shape index (κ1) is 14.8. The molecule has 0 bridgehead atoms. The Morgan fingerprint density at radius 1 is 1.30 bits per heavy atom. The van der Waals surface area contributed by atoms with E-state index in [-0.39, 0.29) is 10.8 Å². The lowest BCUT2D eigenvalue weighted by atomic mass is 10.2. The zero-order valence-corrected chi connectivity index (χ0v) is 12.6. The Morgan fingerprint density at radius 2 is 1.90 bits per heavy atom. The topological polar surface area (TPSA) is 80.5 Å². The van der Waals surface area contributed by atoms with Crippen LogP contribution in [-0.4, -0.2) is 37.6 Å². The largest absolute Gasteiger partial charge is 0.399 e. The van der Waals surface area contributed by atoms with E-state index in [1.54, 1.807) is 24.0 Å². The van der Waals surface area contributed by atoms with Crippen LogP contribution in [-0.2, 0) is 14.6 Å². The summed E-state index contributed by atoms with van der Waals surface area (Å²) in [5.41, 5.74) is 6.66. The van der Waals surface area contributed by atoms with E-state index in [0.717, 1.165) is 12.8 Å². The highest BCUT2D eigenvalue weighted by atomic mass is 32.2. The Bertz CT molecular complexity index is 619. The molecule has 1 fully saturated rings. The molecule has 0 aromatic heterocycles. The summed E-state index contributed by atoms with van der Waals surface area (Å²) in [5, 5.41) is -1.07. The van der Waals surface area contributed by atoms with Crippen LogP contribution in [0.15, 0.2) is 23.1 Å². The normalized spacial score (nSPS) is 17.2. The van der Waals surface area contributed by atoms with Gasteiger partial charge in [-0.3, -0.25) is 4.79 Å². The van der Waals surface area contributed by atoms with Crippen molar-refractivity contribution in [3.63, 3.8) is 0 Å². The number of amides is 1. The molecule has 0 saturated carbocycles. The fourth-order valence-electron chi connectivity index (χ4n) is 2.44. The van der Waals surface area contributed by atoms with Crippen LogP contribution in [0.4, 0.5) is 5.69 Å². The van der Waals surface area contributed by atoms with E-state index < -0.39 is 15.1 Å². The summed E-state index contributed by atoms with van der Waals surface area (Å²) in [6.07, 6.45) is 1.88. The summed E-state index contributed by atoms with van der Waals surface area (Å²) < 4.78 is 25.2. The van der Waals surface area contributed by atoms with E-state index in [4.69, 9.17) is 5.73 Å². The number of sulfone groups is 1. The number of hydrogen-bond donors (Lipinski definition) is 1. The second-order valence-electron chi connectivity index (χ2n) is 5.24. The predicted molar refractivity (Wildman–Crippen MR) is 78.1 cm³/mol. The molecule has 110 valence electrons. The fourth-order valence-corrected chi connectivity index (χ4v) is 4.05. The maximum atomic E-state index is 12.6. The summed E-state index contributed by atoms with van der Waals surface area (Å²) in [5.74, 6) is -0.315. The molecule has 1 saturated heterocycles. The number of nitrogen functional groups attached to an aromatic ring is 1. The molecule has 1 aliphatic heterocycles. The zero-order chi connectivity index (χ0) is 14.9. The summed E-state index contributed by atoms with van der Waals surface area (Å²) in [4.78, 5) is 14.1. The number of nitrogens with two attached hydrogens (primary N) is 1. The van der Waals surface area contributed by atoms with Crippen molar-refractivity contribution in [1.82, 2.24) is 4.90 Å². The molecule has 2 rings (SSSR count). The molecular weight excluding hydrogens is 276 g/mol. The summed E-state index contributed by atoms with van der Waals surface area (Å²) in [6, 6.07) is 4.75. The lowest BCUT2D eigenvalue weighted by molar-refractivity contribution is -0.129. The molecule has 1 aromatic carbocycles. The SMILES string of the molecule is Cc1ccc(N)cc1S(=O)(=O)C(C)C(=O)N1CCCC1. The van der Waals surface area contributed by atoms with Gasteiger partial charge in [0.25, 0.3) is 0 Å². The Hall–Kier alpha value is -1.56. The first-order valence-corrected chi connectivity index (χ1v) is 8.27. The predicted octanol–water partition coefficient (Wildman–Crippen LogP) is 1.36. The van der Waals surface area contributed by atoms with Crippen molar-refractivity contribution < 1.29 is 13.2 Å². The lowest BCUT2D eigenvalue weighted by Gasteiger charge is -2.21. The molecule has 1 atom stereocenters. The van der Waals surface area contributed by atoms with Crippen molar-refractivity contribution in [1.29, 1.82) is 0 Å². The van der Waals surface area contributed by atoms with E-state index >= 15 is 0 Å². The van der Waals surface area contributed by atoms with Gasteiger partial charge in [0.15, 0.2) is 9.84 Å². The molecule has 0 spiro atoms. The standard InChI is InChI=1S/C14H20N2O3S/c1-10-5-6-12(15)9-13(10)20(18,19)11(2)14(17)16-7-3-4-8-16/h5-6,9,11H,3-4,7-8,15H2,1-2H3. The molecule has 0 aliphatic carbocycles. The highest BCUT2D eigenvalue weighted by molar-refractivity contribution is 7.92. The highest BCUT2D eigenvalue weighted by Crippen LogP contribution is 2.24. The van der Waals surface area contributed by atoms with Gasteiger partial charge in [-0.15, -0.1) is 0 Å². The van der Waals surface area contributed by atoms with E-state index in [0.29, 0.717) is 24.3 Å². The number of aryl methyl sites for hydroxylation is 1. The molecule has 1 amide bonds. The van der Waals surface area contributed by atoms with Crippen molar-refractivity contribution in [3.05, 3.63) is 23.8 Å². The van der Waals surface area contributed by atoms with Gasteiger partial charge in [0, 0.05) is 18.8 Å². The number of hydrogen-bond acceptors (Lipinski definition) is 4. The third-order valence-corrected chi connectivity index (χ3v) is 5.94. The molecule has 1 aliphatic rings. The molecule has 2 N–H and O–H groups in total. The van der Waals surface area contributed by atoms with E-state index in [2.05, 4.69) is 0 Å².